The zero-order valence-electron chi connectivity index (χ0n) is 27.7. The van der Waals surface area contributed by atoms with Gasteiger partial charge in [0.05, 0.1) is 5.69 Å². The number of nitrogens with zero attached hydrogens (tertiary/aromatic N) is 1. The van der Waals surface area contributed by atoms with E-state index in [2.05, 4.69) is 49.4 Å². The first-order chi connectivity index (χ1) is 22.2. The normalized spacial score (nSPS) is 13.1. The number of aromatic nitrogens is 1. The van der Waals surface area contributed by atoms with Gasteiger partial charge in [0.25, 0.3) is 0 Å². The smallest absolute Gasteiger partial charge is 0.414 e. The number of benzene rings is 2. The first-order valence-electron chi connectivity index (χ1n) is 17.2. The van der Waals surface area contributed by atoms with Crippen molar-refractivity contribution in [3.05, 3.63) is 78.0 Å². The minimum Gasteiger partial charge on any atom is -0.481 e. The van der Waals surface area contributed by atoms with E-state index in [4.69, 9.17) is 9.72 Å². The van der Waals surface area contributed by atoms with Crippen LogP contribution in [0.15, 0.2) is 66.9 Å². The third-order valence-electron chi connectivity index (χ3n) is 8.74. The molecule has 0 fully saturated rings. The van der Waals surface area contributed by atoms with Crippen molar-refractivity contribution in [3.63, 3.8) is 0 Å². The van der Waals surface area contributed by atoms with E-state index < -0.39 is 18.2 Å². The number of carbonyl (C=O) groups is 1. The Morgan fingerprint density at radius 3 is 2.13 bits per heavy atom. The summed E-state index contributed by atoms with van der Waals surface area (Å²) in [6.45, 7) is 3.26. The molecule has 2 aromatic carbocycles. The van der Waals surface area contributed by atoms with Crippen molar-refractivity contribution in [3.8, 4) is 22.4 Å². The highest BCUT2D eigenvalue weighted by Crippen LogP contribution is 2.36. The summed E-state index contributed by atoms with van der Waals surface area (Å²) in [7, 11) is 0. The third kappa shape index (κ3) is 13.3. The second kappa shape index (κ2) is 20.1. The Bertz CT molecular complexity index is 1280. The zero-order chi connectivity index (χ0) is 33.2. The lowest BCUT2D eigenvalue weighted by Crippen LogP contribution is -2.28. The lowest BCUT2D eigenvalue weighted by molar-refractivity contribution is -0.214. The van der Waals surface area contributed by atoms with Gasteiger partial charge in [-0.1, -0.05) is 107 Å². The van der Waals surface area contributed by atoms with Crippen molar-refractivity contribution in [1.82, 2.24) is 4.98 Å². The van der Waals surface area contributed by atoms with Crippen molar-refractivity contribution in [1.29, 1.82) is 0 Å². The molecule has 0 spiro atoms. The standard InChI is InChI=1S/C39H52F3NO3/c1-3-4-5-6-7-8-9-10-12-17-31-23-26-37(43-29-31)36-28-34(24-25-35(36)33-18-13-11-14-19-33)32(20-15-22-38(44)45)21-16-27-46-30(2)39(40,41)42/h11,13-14,18-19,23-26,28-30,32H,3-10,12,15-17,20-22,27H2,1-2H3,(H,44,45). The van der Waals surface area contributed by atoms with Gasteiger partial charge >= 0.3 is 12.1 Å². The molecule has 0 saturated heterocycles. The molecule has 3 aromatic rings. The molecule has 4 nitrogen and oxygen atoms in total. The summed E-state index contributed by atoms with van der Waals surface area (Å²) in [5.74, 6) is -0.869. The second-order valence-electron chi connectivity index (χ2n) is 12.5. The Kier molecular flexibility index (Phi) is 16.3. The predicted molar refractivity (Wildman–Crippen MR) is 181 cm³/mol. The van der Waals surface area contributed by atoms with Gasteiger partial charge in [0, 0.05) is 24.8 Å². The minimum atomic E-state index is -4.39. The van der Waals surface area contributed by atoms with Crippen molar-refractivity contribution in [2.24, 2.45) is 0 Å². The molecule has 2 atom stereocenters. The van der Waals surface area contributed by atoms with E-state index in [9.17, 15) is 23.1 Å². The van der Waals surface area contributed by atoms with Crippen LogP contribution in [0.2, 0.25) is 0 Å². The van der Waals surface area contributed by atoms with Gasteiger partial charge in [-0.2, -0.15) is 13.2 Å². The number of hydrogen-bond acceptors (Lipinski definition) is 3. The van der Waals surface area contributed by atoms with E-state index in [-0.39, 0.29) is 18.9 Å². The van der Waals surface area contributed by atoms with Crippen molar-refractivity contribution >= 4 is 5.97 Å². The fraction of sp³-hybridized carbons (Fsp3) is 0.538. The maximum absolute atomic E-state index is 12.9. The summed E-state index contributed by atoms with van der Waals surface area (Å²) in [6, 6.07) is 20.7. The molecular formula is C39H52F3NO3. The highest BCUT2D eigenvalue weighted by molar-refractivity contribution is 5.82. The summed E-state index contributed by atoms with van der Waals surface area (Å²) in [6.07, 6.45) is 10.6. The highest BCUT2D eigenvalue weighted by atomic mass is 19.4. The number of carboxylic acids is 1. The summed E-state index contributed by atoms with van der Waals surface area (Å²) in [5.41, 5.74) is 6.23. The number of hydrogen-bond donors (Lipinski definition) is 1. The van der Waals surface area contributed by atoms with Crippen LogP contribution in [0.3, 0.4) is 0 Å². The number of halogens is 3. The molecule has 46 heavy (non-hydrogen) atoms. The number of rotatable bonds is 22. The van der Waals surface area contributed by atoms with Crippen molar-refractivity contribution < 1.29 is 27.8 Å². The SMILES string of the molecule is CCCCCCCCCCCc1ccc(-c2cc(C(CCCOC(C)C(F)(F)F)CCCC(=O)O)ccc2-c2ccccc2)nc1. The number of aryl methyl sites for hydroxylation is 1. The van der Waals surface area contributed by atoms with Crippen LogP contribution in [-0.4, -0.2) is 34.9 Å². The Hall–Kier alpha value is -3.19. The summed E-state index contributed by atoms with van der Waals surface area (Å²) < 4.78 is 43.8. The van der Waals surface area contributed by atoms with Crippen LogP contribution in [0.5, 0.6) is 0 Å². The van der Waals surface area contributed by atoms with E-state index >= 15 is 0 Å². The van der Waals surface area contributed by atoms with Gasteiger partial charge in [-0.15, -0.1) is 0 Å². The minimum absolute atomic E-state index is 0.00691. The maximum Gasteiger partial charge on any atom is 0.414 e. The first-order valence-corrected chi connectivity index (χ1v) is 17.2. The second-order valence-corrected chi connectivity index (χ2v) is 12.5. The molecule has 2 unspecified atom stereocenters. The van der Waals surface area contributed by atoms with Crippen LogP contribution >= 0.6 is 0 Å². The van der Waals surface area contributed by atoms with E-state index in [1.807, 2.05) is 24.4 Å². The molecule has 3 rings (SSSR count). The van der Waals surface area contributed by atoms with Crippen LogP contribution in [0.1, 0.15) is 121 Å². The Morgan fingerprint density at radius 2 is 1.50 bits per heavy atom. The lowest BCUT2D eigenvalue weighted by Gasteiger charge is -2.21. The maximum atomic E-state index is 12.9. The Balaban J connectivity index is 1.74. The zero-order valence-corrected chi connectivity index (χ0v) is 27.7. The monoisotopic (exact) mass is 639 g/mol. The molecular weight excluding hydrogens is 587 g/mol. The number of aliphatic carboxylic acids is 1. The van der Waals surface area contributed by atoms with Crippen LogP contribution in [-0.2, 0) is 16.0 Å². The molecule has 0 amide bonds. The van der Waals surface area contributed by atoms with E-state index in [1.54, 1.807) is 0 Å². The number of alkyl halides is 3. The van der Waals surface area contributed by atoms with Crippen LogP contribution in [0.25, 0.3) is 22.4 Å². The fourth-order valence-electron chi connectivity index (χ4n) is 5.93. The number of unbranched alkanes of at least 4 members (excludes halogenated alkanes) is 8. The molecule has 0 bridgehead atoms. The van der Waals surface area contributed by atoms with Gasteiger partial charge in [0.15, 0.2) is 6.10 Å². The average Bonchev–Trinajstić information content (AvgIpc) is 3.05. The molecule has 1 heterocycles. The summed E-state index contributed by atoms with van der Waals surface area (Å²) in [4.78, 5) is 16.1. The quantitative estimate of drug-likeness (QED) is 0.111. The van der Waals surface area contributed by atoms with E-state index in [0.29, 0.717) is 25.7 Å². The van der Waals surface area contributed by atoms with Gasteiger partial charge in [0.2, 0.25) is 0 Å². The average molecular weight is 640 g/mol. The molecule has 252 valence electrons. The van der Waals surface area contributed by atoms with E-state index in [1.165, 1.54) is 56.9 Å². The Labute approximate surface area is 273 Å². The molecule has 0 saturated carbocycles. The highest BCUT2D eigenvalue weighted by Gasteiger charge is 2.36. The van der Waals surface area contributed by atoms with Crippen molar-refractivity contribution in [2.75, 3.05) is 6.61 Å². The van der Waals surface area contributed by atoms with Gasteiger partial charge in [-0.05, 0) is 85.8 Å². The molecule has 1 aromatic heterocycles. The summed E-state index contributed by atoms with van der Waals surface area (Å²) >= 11 is 0. The number of carboxylic acid groups (broad SMARTS) is 1. The Morgan fingerprint density at radius 1 is 0.826 bits per heavy atom. The molecule has 7 heteroatoms. The van der Waals surface area contributed by atoms with Gasteiger partial charge < -0.3 is 9.84 Å². The van der Waals surface area contributed by atoms with Gasteiger partial charge in [0.1, 0.15) is 0 Å². The molecule has 0 aliphatic heterocycles. The lowest BCUT2D eigenvalue weighted by atomic mass is 9.86. The molecule has 0 aliphatic rings. The van der Waals surface area contributed by atoms with Gasteiger partial charge in [-0.3, -0.25) is 9.78 Å². The first kappa shape index (κ1) is 37.3. The van der Waals surface area contributed by atoms with Crippen LogP contribution in [0.4, 0.5) is 13.2 Å². The number of ether oxygens (including phenoxy) is 1. The molecule has 0 radical (unpaired) electrons. The largest absolute Gasteiger partial charge is 0.481 e. The van der Waals surface area contributed by atoms with Crippen LogP contribution in [0, 0.1) is 0 Å². The van der Waals surface area contributed by atoms with E-state index in [0.717, 1.165) is 47.7 Å². The van der Waals surface area contributed by atoms with Gasteiger partial charge in [-0.25, -0.2) is 0 Å². The predicted octanol–water partition coefficient (Wildman–Crippen LogP) is 11.6. The molecule has 1 N–H and O–H groups in total. The topological polar surface area (TPSA) is 59.4 Å². The van der Waals surface area contributed by atoms with Crippen LogP contribution < -0.4 is 0 Å². The fourth-order valence-corrected chi connectivity index (χ4v) is 5.93. The third-order valence-corrected chi connectivity index (χ3v) is 8.74. The van der Waals surface area contributed by atoms with Crippen molar-refractivity contribution in [2.45, 2.75) is 128 Å². The number of pyridine rings is 1. The summed E-state index contributed by atoms with van der Waals surface area (Å²) in [5, 5.41) is 9.22. The molecule has 0 aliphatic carbocycles.